The molecule has 2 aromatic rings. The summed E-state index contributed by atoms with van der Waals surface area (Å²) in [5, 5.41) is 0. The molecule has 98 valence electrons. The largest absolute Gasteiger partial charge is 0.486 e. The summed E-state index contributed by atoms with van der Waals surface area (Å²) >= 11 is 3.09. The zero-order chi connectivity index (χ0) is 13.7. The summed E-state index contributed by atoms with van der Waals surface area (Å²) in [7, 11) is 0. The molecule has 2 nitrogen and oxygen atoms in total. The first-order valence-corrected chi connectivity index (χ1v) is 6.58. The predicted octanol–water partition coefficient (Wildman–Crippen LogP) is 3.78. The van der Waals surface area contributed by atoms with Gasteiger partial charge in [-0.15, -0.1) is 0 Å². The van der Waals surface area contributed by atoms with Crippen molar-refractivity contribution in [3.63, 3.8) is 0 Å². The predicted molar refractivity (Wildman–Crippen MR) is 74.7 cm³/mol. The Hall–Kier alpha value is -1.68. The Morgan fingerprint density at radius 2 is 1.89 bits per heavy atom. The van der Waals surface area contributed by atoms with E-state index in [-0.39, 0.29) is 24.6 Å². The van der Waals surface area contributed by atoms with Crippen molar-refractivity contribution in [2.45, 2.75) is 6.42 Å². The monoisotopic (exact) mass is 322 g/mol. The summed E-state index contributed by atoms with van der Waals surface area (Å²) in [4.78, 5) is 11.7. The van der Waals surface area contributed by atoms with E-state index in [0.717, 1.165) is 5.56 Å². The van der Waals surface area contributed by atoms with Crippen LogP contribution in [0.5, 0.6) is 5.75 Å². The summed E-state index contributed by atoms with van der Waals surface area (Å²) in [5.41, 5.74) is 0.759. The van der Waals surface area contributed by atoms with Gasteiger partial charge in [-0.3, -0.25) is 4.79 Å². The SMILES string of the molecule is O=C(COc1ccccc1)Cc1ccc(F)c(Br)c1. The topological polar surface area (TPSA) is 26.3 Å². The second kappa shape index (κ2) is 6.48. The number of halogens is 2. The van der Waals surface area contributed by atoms with Crippen molar-refractivity contribution >= 4 is 21.7 Å². The van der Waals surface area contributed by atoms with E-state index >= 15 is 0 Å². The van der Waals surface area contributed by atoms with Crippen LogP contribution in [-0.4, -0.2) is 12.4 Å². The van der Waals surface area contributed by atoms with Gasteiger partial charge in [0.1, 0.15) is 18.2 Å². The van der Waals surface area contributed by atoms with Crippen LogP contribution in [0, 0.1) is 5.82 Å². The molecule has 0 unspecified atom stereocenters. The van der Waals surface area contributed by atoms with Crippen molar-refractivity contribution in [2.24, 2.45) is 0 Å². The van der Waals surface area contributed by atoms with Gasteiger partial charge in [-0.05, 0) is 45.8 Å². The number of ether oxygens (including phenoxy) is 1. The minimum absolute atomic E-state index is 0.0129. The summed E-state index contributed by atoms with van der Waals surface area (Å²) in [6.45, 7) is 0.0129. The average molecular weight is 323 g/mol. The molecule has 0 heterocycles. The number of benzene rings is 2. The zero-order valence-corrected chi connectivity index (χ0v) is 11.7. The van der Waals surface area contributed by atoms with Crippen LogP contribution >= 0.6 is 15.9 Å². The molecule has 0 aliphatic carbocycles. The fourth-order valence-electron chi connectivity index (χ4n) is 1.61. The molecule has 2 aromatic carbocycles. The lowest BCUT2D eigenvalue weighted by atomic mass is 10.1. The Kier molecular flexibility index (Phi) is 4.68. The maximum absolute atomic E-state index is 13.0. The minimum atomic E-state index is -0.336. The zero-order valence-electron chi connectivity index (χ0n) is 10.1. The van der Waals surface area contributed by atoms with Crippen molar-refractivity contribution in [3.8, 4) is 5.75 Å². The number of carbonyl (C=O) groups excluding carboxylic acids is 1. The van der Waals surface area contributed by atoms with Crippen molar-refractivity contribution in [2.75, 3.05) is 6.61 Å². The lowest BCUT2D eigenvalue weighted by molar-refractivity contribution is -0.120. The maximum atomic E-state index is 13.0. The van der Waals surface area contributed by atoms with Crippen LogP contribution in [0.2, 0.25) is 0 Å². The van der Waals surface area contributed by atoms with Gasteiger partial charge in [0.25, 0.3) is 0 Å². The van der Waals surface area contributed by atoms with Crippen molar-refractivity contribution in [1.29, 1.82) is 0 Å². The number of hydrogen-bond donors (Lipinski definition) is 0. The molecular weight excluding hydrogens is 311 g/mol. The molecular formula is C15H12BrFO2. The molecule has 0 radical (unpaired) electrons. The number of para-hydroxylation sites is 1. The third-order valence-electron chi connectivity index (χ3n) is 2.53. The Morgan fingerprint density at radius 1 is 1.16 bits per heavy atom. The van der Waals surface area contributed by atoms with Crippen LogP contribution in [0.4, 0.5) is 4.39 Å². The Morgan fingerprint density at radius 3 is 2.58 bits per heavy atom. The van der Waals surface area contributed by atoms with Gasteiger partial charge < -0.3 is 4.74 Å². The summed E-state index contributed by atoms with van der Waals surface area (Å²) in [5.74, 6) is 0.273. The van der Waals surface area contributed by atoms with Crippen molar-refractivity contribution < 1.29 is 13.9 Å². The summed E-state index contributed by atoms with van der Waals surface area (Å²) < 4.78 is 18.8. The maximum Gasteiger partial charge on any atom is 0.174 e. The second-order valence-corrected chi connectivity index (χ2v) is 4.92. The van der Waals surface area contributed by atoms with Crippen LogP contribution in [0.1, 0.15) is 5.56 Å². The van der Waals surface area contributed by atoms with Crippen LogP contribution in [0.15, 0.2) is 53.0 Å². The molecule has 0 bridgehead atoms. The van der Waals surface area contributed by atoms with E-state index in [1.165, 1.54) is 6.07 Å². The molecule has 0 fully saturated rings. The fraction of sp³-hybridized carbons (Fsp3) is 0.133. The van der Waals surface area contributed by atoms with E-state index in [9.17, 15) is 9.18 Å². The van der Waals surface area contributed by atoms with Gasteiger partial charge in [0.05, 0.1) is 4.47 Å². The van der Waals surface area contributed by atoms with E-state index < -0.39 is 0 Å². The lowest BCUT2D eigenvalue weighted by Crippen LogP contribution is -2.13. The molecule has 0 aromatic heterocycles. The number of rotatable bonds is 5. The third-order valence-corrected chi connectivity index (χ3v) is 3.14. The molecule has 0 saturated heterocycles. The standard InChI is InChI=1S/C15H12BrFO2/c16-14-9-11(6-7-15(14)17)8-12(18)10-19-13-4-2-1-3-5-13/h1-7,9H,8,10H2. The van der Waals surface area contributed by atoms with Gasteiger partial charge in [-0.25, -0.2) is 4.39 Å². The normalized spacial score (nSPS) is 10.2. The Labute approximate surface area is 119 Å². The highest BCUT2D eigenvalue weighted by Gasteiger charge is 2.07. The van der Waals surface area contributed by atoms with Gasteiger partial charge >= 0.3 is 0 Å². The lowest BCUT2D eigenvalue weighted by Gasteiger charge is -2.05. The molecule has 0 atom stereocenters. The van der Waals surface area contributed by atoms with E-state index in [1.54, 1.807) is 24.3 Å². The van der Waals surface area contributed by atoms with Gasteiger partial charge in [0.15, 0.2) is 5.78 Å². The molecule has 19 heavy (non-hydrogen) atoms. The number of carbonyl (C=O) groups is 1. The summed E-state index contributed by atoms with van der Waals surface area (Å²) in [6, 6.07) is 13.7. The highest BCUT2D eigenvalue weighted by atomic mass is 79.9. The third kappa shape index (κ3) is 4.17. The van der Waals surface area contributed by atoms with E-state index in [4.69, 9.17) is 4.74 Å². The van der Waals surface area contributed by atoms with Crippen molar-refractivity contribution in [3.05, 3.63) is 64.4 Å². The number of ketones is 1. The second-order valence-electron chi connectivity index (χ2n) is 4.07. The van der Waals surface area contributed by atoms with Crippen LogP contribution < -0.4 is 4.74 Å². The molecule has 0 spiro atoms. The number of hydrogen-bond acceptors (Lipinski definition) is 2. The fourth-order valence-corrected chi connectivity index (χ4v) is 2.04. The van der Waals surface area contributed by atoms with E-state index in [0.29, 0.717) is 10.2 Å². The summed E-state index contributed by atoms with van der Waals surface area (Å²) in [6.07, 6.45) is 0.228. The minimum Gasteiger partial charge on any atom is -0.486 e. The molecule has 0 saturated carbocycles. The molecule has 2 rings (SSSR count). The first-order chi connectivity index (χ1) is 9.15. The van der Waals surface area contributed by atoms with Gasteiger partial charge in [-0.2, -0.15) is 0 Å². The van der Waals surface area contributed by atoms with Crippen LogP contribution in [-0.2, 0) is 11.2 Å². The molecule has 0 amide bonds. The number of Topliss-reactive ketones (excluding diaryl/α,β-unsaturated/α-hetero) is 1. The molecule has 0 aliphatic heterocycles. The Bertz CT molecular complexity index is 570. The highest BCUT2D eigenvalue weighted by molar-refractivity contribution is 9.10. The van der Waals surface area contributed by atoms with Crippen molar-refractivity contribution in [1.82, 2.24) is 0 Å². The Balaban J connectivity index is 1.89. The first-order valence-electron chi connectivity index (χ1n) is 5.78. The van der Waals surface area contributed by atoms with E-state index in [2.05, 4.69) is 15.9 Å². The molecule has 0 aliphatic rings. The molecule has 0 N–H and O–H groups in total. The van der Waals surface area contributed by atoms with Crippen LogP contribution in [0.25, 0.3) is 0 Å². The van der Waals surface area contributed by atoms with Gasteiger partial charge in [0, 0.05) is 6.42 Å². The first kappa shape index (κ1) is 13.7. The highest BCUT2D eigenvalue weighted by Crippen LogP contribution is 2.17. The average Bonchev–Trinajstić information content (AvgIpc) is 2.42. The van der Waals surface area contributed by atoms with E-state index in [1.807, 2.05) is 18.2 Å². The quantitative estimate of drug-likeness (QED) is 0.837. The van der Waals surface area contributed by atoms with Gasteiger partial charge in [-0.1, -0.05) is 24.3 Å². The van der Waals surface area contributed by atoms with Crippen LogP contribution in [0.3, 0.4) is 0 Å². The van der Waals surface area contributed by atoms with Gasteiger partial charge in [0.2, 0.25) is 0 Å². The molecule has 4 heteroatoms. The smallest absolute Gasteiger partial charge is 0.174 e.